The number of aliphatic imine (C=N–C) groups is 1. The van der Waals surface area contributed by atoms with Crippen LogP contribution in [0.2, 0.25) is 0 Å². The van der Waals surface area contributed by atoms with E-state index in [2.05, 4.69) is 39.6 Å². The highest BCUT2D eigenvalue weighted by Gasteiger charge is 2.24. The van der Waals surface area contributed by atoms with E-state index < -0.39 is 0 Å². The van der Waals surface area contributed by atoms with E-state index in [0.29, 0.717) is 18.6 Å². The van der Waals surface area contributed by atoms with Gasteiger partial charge in [-0.2, -0.15) is 0 Å². The molecule has 1 aliphatic heterocycles. The van der Waals surface area contributed by atoms with Crippen LogP contribution in [0.1, 0.15) is 76.9 Å². The van der Waals surface area contributed by atoms with Crippen molar-refractivity contribution in [3.8, 4) is 0 Å². The lowest BCUT2D eigenvalue weighted by Crippen LogP contribution is -2.48. The average molecular weight is 532 g/mol. The van der Waals surface area contributed by atoms with Gasteiger partial charge in [-0.25, -0.2) is 4.99 Å². The Morgan fingerprint density at radius 2 is 1.90 bits per heavy atom. The van der Waals surface area contributed by atoms with E-state index in [4.69, 9.17) is 4.99 Å². The molecule has 0 radical (unpaired) electrons. The van der Waals surface area contributed by atoms with Crippen LogP contribution in [0, 0.1) is 12.8 Å². The number of halogens is 1. The first-order chi connectivity index (χ1) is 14.1. The first-order valence-electron chi connectivity index (χ1n) is 11.7. The van der Waals surface area contributed by atoms with E-state index in [0.717, 1.165) is 36.6 Å². The third kappa shape index (κ3) is 7.07. The number of aryl methyl sites for hydroxylation is 1. The molecule has 0 aromatic carbocycles. The van der Waals surface area contributed by atoms with Crippen LogP contribution in [-0.2, 0) is 13.6 Å². The van der Waals surface area contributed by atoms with Gasteiger partial charge in [0, 0.05) is 25.7 Å². The number of nitrogens with zero attached hydrogens (tertiary/aromatic N) is 5. The van der Waals surface area contributed by atoms with Crippen LogP contribution in [0.25, 0.3) is 0 Å². The lowest BCUT2D eigenvalue weighted by Gasteiger charge is -2.31. The van der Waals surface area contributed by atoms with Crippen molar-refractivity contribution in [2.24, 2.45) is 18.0 Å². The van der Waals surface area contributed by atoms with Crippen LogP contribution >= 0.6 is 24.0 Å². The summed E-state index contributed by atoms with van der Waals surface area (Å²) in [6.45, 7) is 10.4. The summed E-state index contributed by atoms with van der Waals surface area (Å²) in [4.78, 5) is 7.46. The number of nitrogens with one attached hydrogen (secondary N) is 2. The molecule has 30 heavy (non-hydrogen) atoms. The molecule has 2 aliphatic rings. The molecule has 1 saturated heterocycles. The molecule has 1 aromatic rings. The van der Waals surface area contributed by atoms with Crippen LogP contribution in [-0.4, -0.2) is 57.3 Å². The van der Waals surface area contributed by atoms with Gasteiger partial charge in [0.25, 0.3) is 0 Å². The standard InChI is InChI=1S/C22H41N7.HI/c1-5-8-18-10-12-19(13-11-18)25-22(23-15-20-9-7-14-29(20)6-2)24-16-21-27-26-17(3)28(21)4;/h18-20H,5-16H2,1-4H3,(H2,23,24,25);1H. The maximum absolute atomic E-state index is 4.88. The SMILES string of the molecule is CCCC1CCC(NC(=NCc2nnc(C)n2C)NCC2CCCN2CC)CC1.I. The lowest BCUT2D eigenvalue weighted by molar-refractivity contribution is 0.265. The lowest BCUT2D eigenvalue weighted by atomic mass is 9.83. The van der Waals surface area contributed by atoms with Gasteiger partial charge in [-0.05, 0) is 64.5 Å². The number of rotatable bonds is 8. The van der Waals surface area contributed by atoms with E-state index in [1.165, 1.54) is 57.9 Å². The van der Waals surface area contributed by atoms with Crippen LogP contribution in [0.3, 0.4) is 0 Å². The molecule has 7 nitrogen and oxygen atoms in total. The fourth-order valence-corrected chi connectivity index (χ4v) is 4.85. The van der Waals surface area contributed by atoms with Crippen LogP contribution in [0.5, 0.6) is 0 Å². The van der Waals surface area contributed by atoms with Crippen molar-refractivity contribution in [2.45, 2.75) is 90.8 Å². The minimum atomic E-state index is 0. The Balaban J connectivity index is 0.00000320. The molecule has 2 heterocycles. The zero-order valence-electron chi connectivity index (χ0n) is 19.4. The Hall–Kier alpha value is -0.900. The fourth-order valence-electron chi connectivity index (χ4n) is 4.85. The molecule has 3 rings (SSSR count). The minimum absolute atomic E-state index is 0. The Morgan fingerprint density at radius 3 is 2.53 bits per heavy atom. The smallest absolute Gasteiger partial charge is 0.191 e. The monoisotopic (exact) mass is 531 g/mol. The zero-order chi connectivity index (χ0) is 20.6. The highest BCUT2D eigenvalue weighted by atomic mass is 127. The molecule has 1 aromatic heterocycles. The van der Waals surface area contributed by atoms with E-state index in [-0.39, 0.29) is 24.0 Å². The first-order valence-corrected chi connectivity index (χ1v) is 11.7. The third-order valence-corrected chi connectivity index (χ3v) is 6.86. The van der Waals surface area contributed by atoms with Crippen molar-refractivity contribution in [1.82, 2.24) is 30.3 Å². The molecule has 2 N–H and O–H groups in total. The second-order valence-electron chi connectivity index (χ2n) is 8.84. The Kier molecular flexibility index (Phi) is 10.8. The summed E-state index contributed by atoms with van der Waals surface area (Å²) in [6, 6.07) is 1.14. The summed E-state index contributed by atoms with van der Waals surface area (Å²) >= 11 is 0. The van der Waals surface area contributed by atoms with Gasteiger partial charge in [0.1, 0.15) is 12.4 Å². The second kappa shape index (κ2) is 12.8. The molecular formula is C22H42IN7. The minimum Gasteiger partial charge on any atom is -0.355 e. The molecule has 172 valence electrons. The average Bonchev–Trinajstić information content (AvgIpc) is 3.32. The number of hydrogen-bond donors (Lipinski definition) is 2. The maximum atomic E-state index is 4.88. The van der Waals surface area contributed by atoms with Crippen LogP contribution in [0.4, 0.5) is 0 Å². The fraction of sp³-hybridized carbons (Fsp3) is 0.864. The largest absolute Gasteiger partial charge is 0.355 e. The van der Waals surface area contributed by atoms with Crippen molar-refractivity contribution in [3.05, 3.63) is 11.6 Å². The zero-order valence-corrected chi connectivity index (χ0v) is 21.7. The molecule has 1 atom stereocenters. The maximum Gasteiger partial charge on any atom is 0.191 e. The van der Waals surface area contributed by atoms with Crippen molar-refractivity contribution in [2.75, 3.05) is 19.6 Å². The van der Waals surface area contributed by atoms with Gasteiger partial charge >= 0.3 is 0 Å². The molecule has 0 spiro atoms. The number of likely N-dealkylation sites (tertiary alicyclic amines) is 1. The molecule has 1 aliphatic carbocycles. The van der Waals surface area contributed by atoms with Crippen LogP contribution < -0.4 is 10.6 Å². The van der Waals surface area contributed by atoms with Gasteiger partial charge in [-0.15, -0.1) is 34.2 Å². The Labute approximate surface area is 199 Å². The van der Waals surface area contributed by atoms with Crippen LogP contribution in [0.15, 0.2) is 4.99 Å². The topological polar surface area (TPSA) is 70.4 Å². The summed E-state index contributed by atoms with van der Waals surface area (Å²) in [5, 5.41) is 15.8. The van der Waals surface area contributed by atoms with Gasteiger partial charge in [0.2, 0.25) is 0 Å². The van der Waals surface area contributed by atoms with E-state index in [9.17, 15) is 0 Å². The van der Waals surface area contributed by atoms with Crippen molar-refractivity contribution < 1.29 is 0 Å². The molecule has 2 fully saturated rings. The predicted molar refractivity (Wildman–Crippen MR) is 134 cm³/mol. The number of guanidine groups is 1. The van der Waals surface area contributed by atoms with Gasteiger partial charge in [0.15, 0.2) is 11.8 Å². The normalized spacial score (nSPS) is 25.2. The van der Waals surface area contributed by atoms with Gasteiger partial charge in [-0.3, -0.25) is 4.90 Å². The number of hydrogen-bond acceptors (Lipinski definition) is 4. The summed E-state index contributed by atoms with van der Waals surface area (Å²) in [5.41, 5.74) is 0. The van der Waals surface area contributed by atoms with Gasteiger partial charge in [-0.1, -0.05) is 26.7 Å². The molecule has 8 heteroatoms. The molecule has 1 saturated carbocycles. The van der Waals surface area contributed by atoms with Gasteiger partial charge < -0.3 is 15.2 Å². The summed E-state index contributed by atoms with van der Waals surface area (Å²) in [5.74, 6) is 3.69. The second-order valence-corrected chi connectivity index (χ2v) is 8.84. The summed E-state index contributed by atoms with van der Waals surface area (Å²) in [7, 11) is 2.01. The van der Waals surface area contributed by atoms with E-state index >= 15 is 0 Å². The number of aromatic nitrogens is 3. The first kappa shape index (κ1) is 25.4. The Morgan fingerprint density at radius 1 is 1.13 bits per heavy atom. The van der Waals surface area contributed by atoms with Crippen molar-refractivity contribution in [1.29, 1.82) is 0 Å². The predicted octanol–water partition coefficient (Wildman–Crippen LogP) is 3.62. The molecule has 1 unspecified atom stereocenters. The van der Waals surface area contributed by atoms with Gasteiger partial charge in [0.05, 0.1) is 0 Å². The molecular weight excluding hydrogens is 489 g/mol. The Bertz CT molecular complexity index is 652. The summed E-state index contributed by atoms with van der Waals surface area (Å²) in [6.07, 6.45) is 10.5. The van der Waals surface area contributed by atoms with E-state index in [1.807, 2.05) is 18.5 Å². The molecule has 0 amide bonds. The highest BCUT2D eigenvalue weighted by Crippen LogP contribution is 2.27. The quantitative estimate of drug-likeness (QED) is 0.305. The van der Waals surface area contributed by atoms with E-state index in [1.54, 1.807) is 0 Å². The molecule has 0 bridgehead atoms. The van der Waals surface area contributed by atoms with Crippen molar-refractivity contribution >= 4 is 29.9 Å². The third-order valence-electron chi connectivity index (χ3n) is 6.86. The highest BCUT2D eigenvalue weighted by molar-refractivity contribution is 14.0. The number of likely N-dealkylation sites (N-methyl/N-ethyl adjacent to an activating group) is 1. The van der Waals surface area contributed by atoms with Crippen molar-refractivity contribution in [3.63, 3.8) is 0 Å². The summed E-state index contributed by atoms with van der Waals surface area (Å²) < 4.78 is 2.02.